The first-order chi connectivity index (χ1) is 11.7. The van der Waals surface area contributed by atoms with Crippen LogP contribution in [0, 0.1) is 0 Å². The summed E-state index contributed by atoms with van der Waals surface area (Å²) in [7, 11) is 1.12. The van der Waals surface area contributed by atoms with E-state index in [-0.39, 0.29) is 16.4 Å². The molecule has 2 rings (SSSR count). The van der Waals surface area contributed by atoms with E-state index < -0.39 is 17.6 Å². The van der Waals surface area contributed by atoms with Crippen LogP contribution in [0.2, 0.25) is 0 Å². The smallest absolute Gasteiger partial charge is 0.419 e. The van der Waals surface area contributed by atoms with Crippen molar-refractivity contribution in [2.45, 2.75) is 6.18 Å². The van der Waals surface area contributed by atoms with Crippen LogP contribution in [-0.4, -0.2) is 18.1 Å². The zero-order valence-electron chi connectivity index (χ0n) is 13.0. The molecule has 5 nitrogen and oxygen atoms in total. The van der Waals surface area contributed by atoms with Gasteiger partial charge in [0.25, 0.3) is 5.91 Å². The third kappa shape index (κ3) is 4.83. The van der Waals surface area contributed by atoms with Crippen LogP contribution in [0.25, 0.3) is 0 Å². The summed E-state index contributed by atoms with van der Waals surface area (Å²) >= 11 is 4.98. The van der Waals surface area contributed by atoms with Gasteiger partial charge in [0, 0.05) is 16.9 Å². The van der Waals surface area contributed by atoms with Crippen molar-refractivity contribution in [1.29, 1.82) is 0 Å². The van der Waals surface area contributed by atoms with Crippen LogP contribution in [0.15, 0.2) is 42.5 Å². The number of rotatable bonds is 3. The number of methoxy groups -OCH3 is 1. The molecule has 0 aromatic heterocycles. The Morgan fingerprint density at radius 3 is 2.36 bits per heavy atom. The lowest BCUT2D eigenvalue weighted by molar-refractivity contribution is -0.138. The van der Waals surface area contributed by atoms with E-state index in [0.717, 1.165) is 13.2 Å². The van der Waals surface area contributed by atoms with E-state index in [9.17, 15) is 18.0 Å². The Kier molecular flexibility index (Phi) is 5.48. The molecule has 0 saturated heterocycles. The Morgan fingerprint density at radius 1 is 1.16 bits per heavy atom. The second kappa shape index (κ2) is 7.39. The first kappa shape index (κ1) is 18.5. The van der Waals surface area contributed by atoms with Gasteiger partial charge in [-0.3, -0.25) is 10.1 Å². The Morgan fingerprint density at radius 2 is 1.80 bits per heavy atom. The summed E-state index contributed by atoms with van der Waals surface area (Å²) in [5.41, 5.74) is 5.44. The number of benzene rings is 2. The van der Waals surface area contributed by atoms with Crippen molar-refractivity contribution in [1.82, 2.24) is 5.32 Å². The molecule has 0 spiro atoms. The highest BCUT2D eigenvalue weighted by Crippen LogP contribution is 2.36. The molecule has 0 aliphatic carbocycles. The number of carbonyl (C=O) groups is 1. The molecule has 1 amide bonds. The van der Waals surface area contributed by atoms with Crippen LogP contribution in [-0.2, 0) is 6.18 Å². The second-order valence-corrected chi connectivity index (χ2v) is 5.35. The van der Waals surface area contributed by atoms with Gasteiger partial charge in [-0.05, 0) is 54.7 Å². The van der Waals surface area contributed by atoms with Crippen LogP contribution in [0.5, 0.6) is 5.75 Å². The highest BCUT2D eigenvalue weighted by atomic mass is 32.1. The molecule has 0 bridgehead atoms. The summed E-state index contributed by atoms with van der Waals surface area (Å²) in [4.78, 5) is 12.1. The summed E-state index contributed by atoms with van der Waals surface area (Å²) < 4.78 is 43.7. The maximum atomic E-state index is 13.0. The van der Waals surface area contributed by atoms with Gasteiger partial charge in [0.05, 0.1) is 12.7 Å². The Hall–Kier alpha value is -2.81. The molecule has 2 aromatic rings. The molecule has 0 aliphatic heterocycles. The molecule has 2 aromatic carbocycles. The molecule has 0 fully saturated rings. The standard InChI is InChI=1S/C16H14F3N3O2S/c1-24-13-7-2-9(8-12(13)16(17,18)19)14(23)22-15(25)21-11-5-3-10(20)4-6-11/h2-8H,20H2,1H3,(H2,21,22,23,25). The maximum Gasteiger partial charge on any atom is 0.419 e. The number of amides is 1. The number of halogens is 3. The summed E-state index contributed by atoms with van der Waals surface area (Å²) in [6.07, 6.45) is -4.65. The molecule has 0 aliphatic rings. The van der Waals surface area contributed by atoms with Crippen molar-refractivity contribution in [2.75, 3.05) is 18.2 Å². The summed E-state index contributed by atoms with van der Waals surface area (Å²) in [6.45, 7) is 0. The van der Waals surface area contributed by atoms with E-state index >= 15 is 0 Å². The minimum atomic E-state index is -4.65. The molecule has 0 radical (unpaired) electrons. The fraction of sp³-hybridized carbons (Fsp3) is 0.125. The maximum absolute atomic E-state index is 13.0. The van der Waals surface area contributed by atoms with E-state index in [1.165, 1.54) is 6.07 Å². The second-order valence-electron chi connectivity index (χ2n) is 4.94. The Labute approximate surface area is 147 Å². The van der Waals surface area contributed by atoms with Crippen LogP contribution >= 0.6 is 12.2 Å². The predicted octanol–water partition coefficient (Wildman–Crippen LogP) is 3.42. The number of hydrogen-bond donors (Lipinski definition) is 3. The zero-order chi connectivity index (χ0) is 18.6. The molecule has 132 valence electrons. The van der Waals surface area contributed by atoms with E-state index in [1.807, 2.05) is 0 Å². The zero-order valence-corrected chi connectivity index (χ0v) is 13.8. The first-order valence-corrected chi connectivity index (χ1v) is 7.34. The molecule has 0 saturated carbocycles. The SMILES string of the molecule is COc1ccc(C(=O)NC(=S)Nc2ccc(N)cc2)cc1C(F)(F)F. The highest BCUT2D eigenvalue weighted by Gasteiger charge is 2.35. The summed E-state index contributed by atoms with van der Waals surface area (Å²) in [5, 5.41) is 5.00. The van der Waals surface area contributed by atoms with Crippen LogP contribution in [0.3, 0.4) is 0 Å². The molecule has 4 N–H and O–H groups in total. The lowest BCUT2D eigenvalue weighted by Gasteiger charge is -2.14. The van der Waals surface area contributed by atoms with Crippen molar-refractivity contribution < 1.29 is 22.7 Å². The van der Waals surface area contributed by atoms with Gasteiger partial charge >= 0.3 is 6.18 Å². The molecule has 0 unspecified atom stereocenters. The van der Waals surface area contributed by atoms with E-state index in [1.54, 1.807) is 24.3 Å². The monoisotopic (exact) mass is 369 g/mol. The largest absolute Gasteiger partial charge is 0.496 e. The van der Waals surface area contributed by atoms with Crippen molar-refractivity contribution in [3.63, 3.8) is 0 Å². The van der Waals surface area contributed by atoms with Crippen molar-refractivity contribution in [3.05, 3.63) is 53.6 Å². The fourth-order valence-electron chi connectivity index (χ4n) is 1.97. The van der Waals surface area contributed by atoms with Gasteiger partial charge in [-0.25, -0.2) is 0 Å². The van der Waals surface area contributed by atoms with Crippen LogP contribution < -0.4 is 21.1 Å². The van der Waals surface area contributed by atoms with E-state index in [0.29, 0.717) is 17.4 Å². The van der Waals surface area contributed by atoms with Crippen LogP contribution in [0.4, 0.5) is 24.5 Å². The third-order valence-corrected chi connectivity index (χ3v) is 3.37. The van der Waals surface area contributed by atoms with E-state index in [4.69, 9.17) is 18.0 Å². The minimum Gasteiger partial charge on any atom is -0.496 e. The first-order valence-electron chi connectivity index (χ1n) is 6.94. The average molecular weight is 369 g/mol. The average Bonchev–Trinajstić information content (AvgIpc) is 2.55. The molecule has 0 heterocycles. The van der Waals surface area contributed by atoms with Gasteiger partial charge in [0.15, 0.2) is 5.11 Å². The number of anilines is 2. The number of nitrogens with two attached hydrogens (primary N) is 1. The number of ether oxygens (including phenoxy) is 1. The fourth-order valence-corrected chi connectivity index (χ4v) is 2.19. The topological polar surface area (TPSA) is 76.4 Å². The van der Waals surface area contributed by atoms with Gasteiger partial charge in [0.2, 0.25) is 0 Å². The van der Waals surface area contributed by atoms with Crippen molar-refractivity contribution in [2.24, 2.45) is 0 Å². The number of hydrogen-bond acceptors (Lipinski definition) is 4. The Bertz CT molecular complexity index is 792. The number of carbonyl (C=O) groups excluding carboxylic acids is 1. The summed E-state index contributed by atoms with van der Waals surface area (Å²) in [5.74, 6) is -1.15. The quantitative estimate of drug-likeness (QED) is 0.571. The number of alkyl halides is 3. The predicted molar refractivity (Wildman–Crippen MR) is 92.5 cm³/mol. The molecular formula is C16H14F3N3O2S. The number of thiocarbonyl (C=S) groups is 1. The van der Waals surface area contributed by atoms with Gasteiger partial charge in [0.1, 0.15) is 5.75 Å². The van der Waals surface area contributed by atoms with Gasteiger partial charge in [-0.2, -0.15) is 13.2 Å². The lowest BCUT2D eigenvalue weighted by Crippen LogP contribution is -2.34. The van der Waals surface area contributed by atoms with E-state index in [2.05, 4.69) is 15.4 Å². The lowest BCUT2D eigenvalue weighted by atomic mass is 10.1. The van der Waals surface area contributed by atoms with Gasteiger partial charge in [-0.15, -0.1) is 0 Å². The van der Waals surface area contributed by atoms with Crippen LogP contribution in [0.1, 0.15) is 15.9 Å². The van der Waals surface area contributed by atoms with Crippen molar-refractivity contribution >= 4 is 34.6 Å². The third-order valence-electron chi connectivity index (χ3n) is 3.16. The number of nitrogens with one attached hydrogen (secondary N) is 2. The molecule has 9 heteroatoms. The summed E-state index contributed by atoms with van der Waals surface area (Å²) in [6, 6.07) is 9.55. The molecule has 0 atom stereocenters. The molecular weight excluding hydrogens is 355 g/mol. The van der Waals surface area contributed by atoms with Gasteiger partial charge in [-0.1, -0.05) is 0 Å². The number of nitrogen functional groups attached to an aromatic ring is 1. The highest BCUT2D eigenvalue weighted by molar-refractivity contribution is 7.80. The molecule has 25 heavy (non-hydrogen) atoms. The van der Waals surface area contributed by atoms with Crippen molar-refractivity contribution in [3.8, 4) is 5.75 Å². The Balaban J connectivity index is 2.12. The normalized spacial score (nSPS) is 10.9. The minimum absolute atomic E-state index is 0.0563. The van der Waals surface area contributed by atoms with Gasteiger partial charge < -0.3 is 15.8 Å².